The number of carbonyl (C=O) groups excluding carboxylic acids is 2. The molecule has 1 N–H and O–H groups in total. The minimum absolute atomic E-state index is 0.0446. The van der Waals surface area contributed by atoms with Crippen molar-refractivity contribution in [2.45, 2.75) is 19.6 Å². The monoisotopic (exact) mass is 458 g/mol. The predicted molar refractivity (Wildman–Crippen MR) is 122 cm³/mol. The van der Waals surface area contributed by atoms with E-state index in [1.807, 2.05) is 34.9 Å². The molecule has 5 rings (SSSR count). The van der Waals surface area contributed by atoms with Crippen molar-refractivity contribution in [3.63, 3.8) is 0 Å². The van der Waals surface area contributed by atoms with Gasteiger partial charge in [0.05, 0.1) is 13.1 Å². The van der Waals surface area contributed by atoms with Crippen LogP contribution >= 0.6 is 0 Å². The van der Waals surface area contributed by atoms with Crippen molar-refractivity contribution in [1.29, 1.82) is 0 Å². The average Bonchev–Trinajstić information content (AvgIpc) is 3.17. The molecule has 1 aliphatic heterocycles. The Morgan fingerprint density at radius 1 is 0.941 bits per heavy atom. The molecule has 170 valence electrons. The molecule has 34 heavy (non-hydrogen) atoms. The molecule has 0 unspecified atom stereocenters. The van der Waals surface area contributed by atoms with Gasteiger partial charge in [-0.15, -0.1) is 0 Å². The molecule has 6 nitrogen and oxygen atoms in total. The fourth-order valence-electron chi connectivity index (χ4n) is 4.10. The van der Waals surface area contributed by atoms with Gasteiger partial charge in [0.15, 0.2) is 11.6 Å². The minimum atomic E-state index is -1.08. The van der Waals surface area contributed by atoms with Gasteiger partial charge >= 0.3 is 0 Å². The number of carbonyl (C=O) groups is 2. The van der Waals surface area contributed by atoms with E-state index in [1.165, 1.54) is 11.0 Å². The van der Waals surface area contributed by atoms with Crippen LogP contribution in [0.3, 0.4) is 0 Å². The summed E-state index contributed by atoms with van der Waals surface area (Å²) in [5, 5.41) is 2.91. The smallest absolute Gasteiger partial charge is 0.268 e. The van der Waals surface area contributed by atoms with E-state index >= 15 is 0 Å². The lowest BCUT2D eigenvalue weighted by atomic mass is 10.1. The number of nitrogens with one attached hydrogen (secondary N) is 1. The summed E-state index contributed by atoms with van der Waals surface area (Å²) in [5.41, 5.74) is 3.63. The van der Waals surface area contributed by atoms with Gasteiger partial charge in [-0.05, 0) is 53.6 Å². The molecule has 8 heteroatoms. The zero-order chi connectivity index (χ0) is 23.7. The lowest BCUT2D eigenvalue weighted by Crippen LogP contribution is -2.31. The molecule has 2 amide bonds. The molecule has 0 atom stereocenters. The maximum atomic E-state index is 13.8. The number of aromatic nitrogens is 2. The van der Waals surface area contributed by atoms with E-state index < -0.39 is 17.5 Å². The third-order valence-electron chi connectivity index (χ3n) is 5.82. The number of pyridine rings is 1. The molecule has 0 bridgehead atoms. The van der Waals surface area contributed by atoms with Gasteiger partial charge in [0, 0.05) is 35.9 Å². The topological polar surface area (TPSA) is 67.2 Å². The molecule has 1 aliphatic rings. The highest BCUT2D eigenvalue weighted by Gasteiger charge is 2.27. The molecule has 2 aromatic carbocycles. The second kappa shape index (κ2) is 8.90. The molecule has 2 aromatic heterocycles. The number of rotatable bonds is 4. The lowest BCUT2D eigenvalue weighted by Gasteiger charge is -2.22. The van der Waals surface area contributed by atoms with E-state index in [4.69, 9.17) is 0 Å². The van der Waals surface area contributed by atoms with E-state index in [0.29, 0.717) is 24.5 Å². The predicted octanol–water partition coefficient (Wildman–Crippen LogP) is 4.30. The van der Waals surface area contributed by atoms with Crippen LogP contribution in [-0.4, -0.2) is 21.4 Å². The molecule has 0 aliphatic carbocycles. The molecule has 3 heterocycles. The van der Waals surface area contributed by atoms with Gasteiger partial charge in [0.2, 0.25) is 0 Å². The number of benzene rings is 2. The highest BCUT2D eigenvalue weighted by molar-refractivity contribution is 6.06. The maximum absolute atomic E-state index is 13.8. The van der Waals surface area contributed by atoms with Gasteiger partial charge in [0.1, 0.15) is 5.69 Å². The molecule has 0 radical (unpaired) electrons. The molecule has 4 aromatic rings. The third-order valence-corrected chi connectivity index (χ3v) is 5.82. The van der Waals surface area contributed by atoms with E-state index in [2.05, 4.69) is 10.3 Å². The Morgan fingerprint density at radius 2 is 1.79 bits per heavy atom. The van der Waals surface area contributed by atoms with Crippen LogP contribution in [0.25, 0.3) is 0 Å². The third kappa shape index (κ3) is 4.05. The van der Waals surface area contributed by atoms with Gasteiger partial charge in [-0.2, -0.15) is 0 Å². The normalized spacial score (nSPS) is 12.5. The maximum Gasteiger partial charge on any atom is 0.268 e. The number of fused-ring (bicyclic) bond motifs is 2. The van der Waals surface area contributed by atoms with Crippen molar-refractivity contribution < 1.29 is 18.4 Å². The number of hydrogen-bond donors (Lipinski definition) is 1. The number of halogens is 2. The van der Waals surface area contributed by atoms with Crippen molar-refractivity contribution in [3.8, 4) is 0 Å². The minimum Gasteiger partial charge on any atom is -0.347 e. The summed E-state index contributed by atoms with van der Waals surface area (Å²) < 4.78 is 29.1. The van der Waals surface area contributed by atoms with Crippen LogP contribution in [0.2, 0.25) is 0 Å². The quantitative estimate of drug-likeness (QED) is 0.496. The number of para-hydroxylation sites is 1. The summed E-state index contributed by atoms with van der Waals surface area (Å²) in [4.78, 5) is 31.9. The summed E-state index contributed by atoms with van der Waals surface area (Å²) in [5.74, 6) is -2.79. The van der Waals surface area contributed by atoms with E-state index in [-0.39, 0.29) is 18.0 Å². The Morgan fingerprint density at radius 3 is 2.59 bits per heavy atom. The second-order valence-electron chi connectivity index (χ2n) is 7.99. The molecular weight excluding hydrogens is 438 g/mol. The fraction of sp³-hybridized carbons (Fsp3) is 0.115. The largest absolute Gasteiger partial charge is 0.347 e. The van der Waals surface area contributed by atoms with Gasteiger partial charge in [-0.25, -0.2) is 8.78 Å². The standard InChI is InChI=1S/C26H20F2N4O2/c27-21-9-7-18(12-22(21)28)26(34)32-16-20-8-10-24(25(33)30-14-17-4-3-11-29-13-17)31(20)15-19-5-1-2-6-23(19)32/h1-13H,14-16H2,(H,30,33). The highest BCUT2D eigenvalue weighted by Crippen LogP contribution is 2.30. The molecule has 0 spiro atoms. The molecule has 0 saturated heterocycles. The summed E-state index contributed by atoms with van der Waals surface area (Å²) in [6, 6.07) is 17.7. The number of hydrogen-bond acceptors (Lipinski definition) is 3. The van der Waals surface area contributed by atoms with Crippen LogP contribution in [0.5, 0.6) is 0 Å². The van der Waals surface area contributed by atoms with Gasteiger partial charge in [-0.1, -0.05) is 24.3 Å². The first-order valence-corrected chi connectivity index (χ1v) is 10.7. The zero-order valence-electron chi connectivity index (χ0n) is 18.0. The SMILES string of the molecule is O=C(NCc1cccnc1)c1ccc2n1Cc1ccccc1N(C(=O)c1ccc(F)c(F)c1)C2. The van der Waals surface area contributed by atoms with Crippen LogP contribution in [0, 0.1) is 11.6 Å². The second-order valence-corrected chi connectivity index (χ2v) is 7.99. The Balaban J connectivity index is 1.47. The Labute approximate surface area is 194 Å². The van der Waals surface area contributed by atoms with Crippen molar-refractivity contribution in [2.24, 2.45) is 0 Å². The summed E-state index contributed by atoms with van der Waals surface area (Å²) >= 11 is 0. The van der Waals surface area contributed by atoms with Crippen molar-refractivity contribution in [1.82, 2.24) is 14.9 Å². The Hall–Kier alpha value is -4.33. The number of amides is 2. The van der Waals surface area contributed by atoms with E-state index in [9.17, 15) is 18.4 Å². The molecular formula is C26H20F2N4O2. The highest BCUT2D eigenvalue weighted by atomic mass is 19.2. The Bertz CT molecular complexity index is 1380. The Kier molecular flexibility index (Phi) is 5.63. The fourth-order valence-corrected chi connectivity index (χ4v) is 4.10. The van der Waals surface area contributed by atoms with Gasteiger partial charge < -0.3 is 14.8 Å². The van der Waals surface area contributed by atoms with Crippen LogP contribution in [0.4, 0.5) is 14.5 Å². The van der Waals surface area contributed by atoms with Crippen LogP contribution in [0.1, 0.15) is 37.7 Å². The van der Waals surface area contributed by atoms with E-state index in [0.717, 1.165) is 29.0 Å². The summed E-state index contributed by atoms with van der Waals surface area (Å²) in [7, 11) is 0. The van der Waals surface area contributed by atoms with Crippen molar-refractivity contribution >= 4 is 17.5 Å². The van der Waals surface area contributed by atoms with Crippen molar-refractivity contribution in [2.75, 3.05) is 4.90 Å². The lowest BCUT2D eigenvalue weighted by molar-refractivity contribution is 0.0941. The van der Waals surface area contributed by atoms with Gasteiger partial charge in [-0.3, -0.25) is 14.6 Å². The average molecular weight is 458 g/mol. The summed E-state index contributed by atoms with van der Waals surface area (Å²) in [6.07, 6.45) is 3.36. The van der Waals surface area contributed by atoms with Crippen LogP contribution in [0.15, 0.2) is 79.1 Å². The molecule has 0 saturated carbocycles. The van der Waals surface area contributed by atoms with Gasteiger partial charge in [0.25, 0.3) is 11.8 Å². The first kappa shape index (κ1) is 21.5. The van der Waals surface area contributed by atoms with Crippen LogP contribution in [-0.2, 0) is 19.6 Å². The molecule has 0 fully saturated rings. The zero-order valence-corrected chi connectivity index (χ0v) is 18.0. The van der Waals surface area contributed by atoms with Crippen LogP contribution < -0.4 is 10.2 Å². The first-order valence-electron chi connectivity index (χ1n) is 10.7. The van der Waals surface area contributed by atoms with Crippen molar-refractivity contribution in [3.05, 3.63) is 119 Å². The number of anilines is 1. The van der Waals surface area contributed by atoms with E-state index in [1.54, 1.807) is 30.6 Å². The number of nitrogens with zero attached hydrogens (tertiary/aromatic N) is 3. The first-order chi connectivity index (χ1) is 16.5. The summed E-state index contributed by atoms with van der Waals surface area (Å²) in [6.45, 7) is 0.894.